The van der Waals surface area contributed by atoms with Crippen LogP contribution in [0.4, 0.5) is 5.69 Å². The Morgan fingerprint density at radius 3 is 2.40 bits per heavy atom. The Labute approximate surface area is 120 Å². The summed E-state index contributed by atoms with van der Waals surface area (Å²) in [7, 11) is 0. The molecule has 1 unspecified atom stereocenters. The normalized spacial score (nSPS) is 18.9. The summed E-state index contributed by atoms with van der Waals surface area (Å²) in [5.74, 6) is 0. The minimum atomic E-state index is -0.0962. The quantitative estimate of drug-likeness (QED) is 0.897. The van der Waals surface area contributed by atoms with Gasteiger partial charge < -0.3 is 11.5 Å². The van der Waals surface area contributed by atoms with E-state index in [1.165, 1.54) is 18.4 Å². The van der Waals surface area contributed by atoms with Gasteiger partial charge in [0.25, 0.3) is 0 Å². The Hall–Kier alpha value is -1.87. The van der Waals surface area contributed by atoms with Gasteiger partial charge in [0.1, 0.15) is 0 Å². The van der Waals surface area contributed by atoms with Crippen molar-refractivity contribution in [2.45, 2.75) is 37.1 Å². The topological polar surface area (TPSA) is 64.9 Å². The Kier molecular flexibility index (Phi) is 3.45. The first kappa shape index (κ1) is 13.1. The van der Waals surface area contributed by atoms with Crippen LogP contribution in [0.15, 0.2) is 48.8 Å². The molecule has 0 spiro atoms. The van der Waals surface area contributed by atoms with Crippen molar-refractivity contribution in [1.29, 1.82) is 0 Å². The van der Waals surface area contributed by atoms with E-state index in [1.54, 1.807) is 6.20 Å². The van der Waals surface area contributed by atoms with E-state index in [1.807, 2.05) is 12.3 Å². The van der Waals surface area contributed by atoms with E-state index >= 15 is 0 Å². The molecule has 3 heteroatoms. The lowest BCUT2D eigenvalue weighted by Gasteiger charge is -2.36. The van der Waals surface area contributed by atoms with E-state index in [0.717, 1.165) is 24.1 Å². The van der Waals surface area contributed by atoms with Crippen molar-refractivity contribution in [3.8, 4) is 0 Å². The van der Waals surface area contributed by atoms with Crippen LogP contribution < -0.4 is 11.5 Å². The molecule has 1 aromatic heterocycles. The van der Waals surface area contributed by atoms with E-state index in [9.17, 15) is 0 Å². The van der Waals surface area contributed by atoms with E-state index in [0.29, 0.717) is 0 Å². The van der Waals surface area contributed by atoms with Crippen LogP contribution in [-0.4, -0.2) is 4.98 Å². The van der Waals surface area contributed by atoms with Crippen LogP contribution >= 0.6 is 0 Å². The molecule has 1 aliphatic rings. The van der Waals surface area contributed by atoms with E-state index < -0.39 is 0 Å². The first-order valence-corrected chi connectivity index (χ1v) is 7.24. The van der Waals surface area contributed by atoms with Gasteiger partial charge in [-0.05, 0) is 24.5 Å². The summed E-state index contributed by atoms with van der Waals surface area (Å²) in [6, 6.07) is 12.4. The van der Waals surface area contributed by atoms with Gasteiger partial charge in [-0.2, -0.15) is 0 Å². The van der Waals surface area contributed by atoms with Gasteiger partial charge in [0.15, 0.2) is 0 Å². The number of aromatic nitrogens is 1. The summed E-state index contributed by atoms with van der Waals surface area (Å²) in [6.45, 7) is 0. The van der Waals surface area contributed by atoms with Gasteiger partial charge in [-0.15, -0.1) is 0 Å². The number of nitrogens with zero attached hydrogens (tertiary/aromatic N) is 1. The van der Waals surface area contributed by atoms with Crippen LogP contribution in [0.5, 0.6) is 0 Å². The summed E-state index contributed by atoms with van der Waals surface area (Å²) in [4.78, 5) is 4.20. The highest BCUT2D eigenvalue weighted by Crippen LogP contribution is 2.49. The highest BCUT2D eigenvalue weighted by Gasteiger charge is 2.42. The fourth-order valence-corrected chi connectivity index (χ4v) is 3.53. The third-order valence-corrected chi connectivity index (χ3v) is 4.66. The standard InChI is InChI=1S/C17H21N3/c18-15-8-11-20-12-14(15)16(19)17(9-4-5-10-17)13-6-2-1-3-7-13/h1-3,6-8,11-12,16H,4-5,9-10,19H2,(H2,18,20). The molecule has 3 nitrogen and oxygen atoms in total. The number of anilines is 1. The third-order valence-electron chi connectivity index (χ3n) is 4.66. The fourth-order valence-electron chi connectivity index (χ4n) is 3.53. The van der Waals surface area contributed by atoms with E-state index in [2.05, 4.69) is 35.3 Å². The smallest absolute Gasteiger partial charge is 0.0429 e. The monoisotopic (exact) mass is 267 g/mol. The average Bonchev–Trinajstić information content (AvgIpc) is 2.99. The Balaban J connectivity index is 2.06. The maximum Gasteiger partial charge on any atom is 0.0429 e. The zero-order valence-corrected chi connectivity index (χ0v) is 11.6. The molecular formula is C17H21N3. The van der Waals surface area contributed by atoms with Crippen LogP contribution in [0.1, 0.15) is 42.9 Å². The zero-order chi connectivity index (χ0) is 14.0. The second-order valence-corrected chi connectivity index (χ2v) is 5.71. The molecule has 1 saturated carbocycles. The summed E-state index contributed by atoms with van der Waals surface area (Å²) < 4.78 is 0. The van der Waals surface area contributed by atoms with Crippen molar-refractivity contribution in [1.82, 2.24) is 4.98 Å². The van der Waals surface area contributed by atoms with Gasteiger partial charge in [-0.25, -0.2) is 0 Å². The number of hydrogen-bond acceptors (Lipinski definition) is 3. The third kappa shape index (κ3) is 2.08. The number of nitrogens with two attached hydrogens (primary N) is 2. The van der Waals surface area contributed by atoms with Gasteiger partial charge in [0, 0.05) is 35.1 Å². The van der Waals surface area contributed by atoms with Crippen molar-refractivity contribution in [3.63, 3.8) is 0 Å². The summed E-state index contributed by atoms with van der Waals surface area (Å²) in [5, 5.41) is 0. The molecule has 0 aliphatic heterocycles. The number of nitrogen functional groups attached to an aromatic ring is 1. The van der Waals surface area contributed by atoms with Crippen LogP contribution in [0.2, 0.25) is 0 Å². The van der Waals surface area contributed by atoms with Crippen LogP contribution in [0.3, 0.4) is 0 Å². The minimum Gasteiger partial charge on any atom is -0.398 e. The molecule has 104 valence electrons. The second kappa shape index (κ2) is 5.25. The van der Waals surface area contributed by atoms with Crippen LogP contribution in [0.25, 0.3) is 0 Å². The number of benzene rings is 1. The van der Waals surface area contributed by atoms with Crippen LogP contribution in [0, 0.1) is 0 Å². The molecule has 0 radical (unpaired) electrons. The minimum absolute atomic E-state index is 0.00157. The highest BCUT2D eigenvalue weighted by molar-refractivity contribution is 5.49. The predicted molar refractivity (Wildman–Crippen MR) is 82.2 cm³/mol. The lowest BCUT2D eigenvalue weighted by molar-refractivity contribution is 0.356. The van der Waals surface area contributed by atoms with Gasteiger partial charge in [0.05, 0.1) is 0 Å². The summed E-state index contributed by atoms with van der Waals surface area (Å²) >= 11 is 0. The van der Waals surface area contributed by atoms with Crippen molar-refractivity contribution < 1.29 is 0 Å². The molecule has 4 N–H and O–H groups in total. The van der Waals surface area contributed by atoms with Gasteiger partial charge in [0.2, 0.25) is 0 Å². The molecular weight excluding hydrogens is 246 g/mol. The maximum atomic E-state index is 6.65. The number of rotatable bonds is 3. The largest absolute Gasteiger partial charge is 0.398 e. The van der Waals surface area contributed by atoms with E-state index in [-0.39, 0.29) is 11.5 Å². The fraction of sp³-hybridized carbons (Fsp3) is 0.353. The van der Waals surface area contributed by atoms with Gasteiger partial charge in [-0.1, -0.05) is 43.2 Å². The number of hydrogen-bond donors (Lipinski definition) is 2. The maximum absolute atomic E-state index is 6.65. The SMILES string of the molecule is Nc1ccncc1C(N)C1(c2ccccc2)CCCC1. The molecule has 1 heterocycles. The zero-order valence-electron chi connectivity index (χ0n) is 11.6. The molecule has 2 aromatic rings. The predicted octanol–water partition coefficient (Wildman–Crippen LogP) is 3.18. The molecule has 1 aliphatic carbocycles. The molecule has 1 aromatic carbocycles. The first-order valence-electron chi connectivity index (χ1n) is 7.24. The molecule has 1 atom stereocenters. The lowest BCUT2D eigenvalue weighted by Crippen LogP contribution is -2.36. The Bertz CT molecular complexity index is 574. The van der Waals surface area contributed by atoms with Gasteiger partial charge >= 0.3 is 0 Å². The van der Waals surface area contributed by atoms with Crippen molar-refractivity contribution >= 4 is 5.69 Å². The molecule has 0 saturated heterocycles. The first-order chi connectivity index (χ1) is 9.74. The average molecular weight is 267 g/mol. The highest BCUT2D eigenvalue weighted by atomic mass is 14.8. The molecule has 3 rings (SSSR count). The Morgan fingerprint density at radius 1 is 1.05 bits per heavy atom. The number of pyridine rings is 1. The Morgan fingerprint density at radius 2 is 1.75 bits per heavy atom. The summed E-state index contributed by atoms with van der Waals surface area (Å²) in [5.41, 5.74) is 15.8. The molecule has 1 fully saturated rings. The van der Waals surface area contributed by atoms with E-state index in [4.69, 9.17) is 11.5 Å². The molecule has 0 bridgehead atoms. The second-order valence-electron chi connectivity index (χ2n) is 5.71. The molecule has 0 amide bonds. The van der Waals surface area contributed by atoms with Crippen molar-refractivity contribution in [2.24, 2.45) is 5.73 Å². The van der Waals surface area contributed by atoms with Crippen molar-refractivity contribution in [2.75, 3.05) is 5.73 Å². The lowest BCUT2D eigenvalue weighted by atomic mass is 9.71. The van der Waals surface area contributed by atoms with Crippen molar-refractivity contribution in [3.05, 3.63) is 59.9 Å². The summed E-state index contributed by atoms with van der Waals surface area (Å²) in [6.07, 6.45) is 8.23. The van der Waals surface area contributed by atoms with Gasteiger partial charge in [-0.3, -0.25) is 4.98 Å². The molecule has 20 heavy (non-hydrogen) atoms. The van der Waals surface area contributed by atoms with Crippen LogP contribution in [-0.2, 0) is 5.41 Å².